The van der Waals surface area contributed by atoms with Gasteiger partial charge in [0.05, 0.1) is 0 Å². The number of carbonyl (C=O) groups is 1. The van der Waals surface area contributed by atoms with E-state index in [1.807, 2.05) is 12.1 Å². The van der Waals surface area contributed by atoms with Crippen molar-refractivity contribution in [3.05, 3.63) is 45.8 Å². The maximum Gasteiger partial charge on any atom is 0.249 e. The Morgan fingerprint density at radius 1 is 1.29 bits per heavy atom. The molecule has 0 saturated carbocycles. The van der Waals surface area contributed by atoms with E-state index in [-0.39, 0.29) is 0 Å². The second-order valence-electron chi connectivity index (χ2n) is 4.17. The summed E-state index contributed by atoms with van der Waals surface area (Å²) in [5, 5.41) is 3.06. The predicted octanol–water partition coefficient (Wildman–Crippen LogP) is 2.73. The number of azide groups is 1. The van der Waals surface area contributed by atoms with Crippen LogP contribution in [0.25, 0.3) is 10.4 Å². The summed E-state index contributed by atoms with van der Waals surface area (Å²) < 4.78 is 0. The Balaban J connectivity index is 2.02. The van der Waals surface area contributed by atoms with Crippen molar-refractivity contribution >= 4 is 5.91 Å². The molecule has 0 N–H and O–H groups in total. The van der Waals surface area contributed by atoms with Crippen molar-refractivity contribution < 1.29 is 4.79 Å². The Bertz CT molecular complexity index is 442. The Kier molecular flexibility index (Phi) is 3.75. The molecule has 0 atom stereocenters. The predicted molar refractivity (Wildman–Crippen MR) is 64.4 cm³/mol. The van der Waals surface area contributed by atoms with E-state index in [0.29, 0.717) is 5.56 Å². The molecular formula is C12H14N4O. The first-order valence-corrected chi connectivity index (χ1v) is 5.70. The lowest BCUT2D eigenvalue weighted by molar-refractivity contribution is 0.100. The molecule has 5 heteroatoms. The third-order valence-corrected chi connectivity index (χ3v) is 2.94. The maximum atomic E-state index is 11.3. The first-order chi connectivity index (χ1) is 8.29. The normalized spacial score (nSPS) is 15.5. The van der Waals surface area contributed by atoms with Crippen LogP contribution >= 0.6 is 0 Å². The maximum absolute atomic E-state index is 11.3. The van der Waals surface area contributed by atoms with Crippen molar-refractivity contribution in [1.82, 2.24) is 4.90 Å². The molecule has 17 heavy (non-hydrogen) atoms. The van der Waals surface area contributed by atoms with Gasteiger partial charge in [0.1, 0.15) is 0 Å². The average Bonchev–Trinajstić information content (AvgIpc) is 2.83. The summed E-state index contributed by atoms with van der Waals surface area (Å²) in [6.45, 7) is 3.23. The highest BCUT2D eigenvalue weighted by Gasteiger charge is 2.11. The van der Waals surface area contributed by atoms with E-state index < -0.39 is 5.91 Å². The van der Waals surface area contributed by atoms with Crippen LogP contribution in [-0.4, -0.2) is 23.9 Å². The van der Waals surface area contributed by atoms with Gasteiger partial charge in [-0.05, 0) is 42.1 Å². The number of likely N-dealkylation sites (tertiary alicyclic amines) is 1. The van der Waals surface area contributed by atoms with Crippen molar-refractivity contribution in [2.24, 2.45) is 5.11 Å². The van der Waals surface area contributed by atoms with Gasteiger partial charge < -0.3 is 0 Å². The van der Waals surface area contributed by atoms with Crippen molar-refractivity contribution in [2.45, 2.75) is 19.4 Å². The summed E-state index contributed by atoms with van der Waals surface area (Å²) >= 11 is 0. The number of carbonyl (C=O) groups excluding carboxylic acids is 1. The van der Waals surface area contributed by atoms with E-state index >= 15 is 0 Å². The Morgan fingerprint density at radius 2 is 1.94 bits per heavy atom. The smallest absolute Gasteiger partial charge is 0.249 e. The minimum absolute atomic E-state index is 0.438. The molecule has 5 nitrogen and oxygen atoms in total. The first-order valence-electron chi connectivity index (χ1n) is 5.70. The second-order valence-corrected chi connectivity index (χ2v) is 4.17. The zero-order valence-corrected chi connectivity index (χ0v) is 9.54. The highest BCUT2D eigenvalue weighted by Crippen LogP contribution is 2.13. The number of hydrogen-bond acceptors (Lipinski definition) is 2. The Morgan fingerprint density at radius 3 is 2.53 bits per heavy atom. The third kappa shape index (κ3) is 3.06. The monoisotopic (exact) mass is 230 g/mol. The van der Waals surface area contributed by atoms with E-state index in [1.54, 1.807) is 12.1 Å². The van der Waals surface area contributed by atoms with Gasteiger partial charge in [-0.2, -0.15) is 0 Å². The molecule has 1 fully saturated rings. The van der Waals surface area contributed by atoms with Gasteiger partial charge in [0, 0.05) is 17.0 Å². The van der Waals surface area contributed by atoms with Crippen LogP contribution in [0.4, 0.5) is 0 Å². The largest absolute Gasteiger partial charge is 0.299 e. The zero-order valence-electron chi connectivity index (χ0n) is 9.54. The molecule has 88 valence electrons. The van der Waals surface area contributed by atoms with Crippen LogP contribution in [-0.2, 0) is 6.54 Å². The number of benzene rings is 1. The molecule has 0 aromatic heterocycles. The van der Waals surface area contributed by atoms with Crippen LogP contribution in [0.2, 0.25) is 0 Å². The summed E-state index contributed by atoms with van der Waals surface area (Å²) in [6.07, 6.45) is 2.54. The van der Waals surface area contributed by atoms with Crippen LogP contribution in [0.15, 0.2) is 29.4 Å². The van der Waals surface area contributed by atoms with Gasteiger partial charge in [0.25, 0.3) is 0 Å². The van der Waals surface area contributed by atoms with Crippen molar-refractivity contribution in [2.75, 3.05) is 13.1 Å². The molecule has 0 radical (unpaired) electrons. The van der Waals surface area contributed by atoms with Gasteiger partial charge in [-0.1, -0.05) is 24.3 Å². The van der Waals surface area contributed by atoms with Crippen molar-refractivity contribution in [1.29, 1.82) is 0 Å². The SMILES string of the molecule is [N-]=[N+]=NC(=O)c1ccc(CN2CCCC2)cc1. The molecule has 2 rings (SSSR count). The van der Waals surface area contributed by atoms with E-state index in [0.717, 1.165) is 19.6 Å². The second kappa shape index (κ2) is 5.48. The fraction of sp³-hybridized carbons (Fsp3) is 0.417. The molecule has 0 bridgehead atoms. The van der Waals surface area contributed by atoms with E-state index in [4.69, 9.17) is 5.53 Å². The molecule has 0 aliphatic carbocycles. The van der Waals surface area contributed by atoms with E-state index in [2.05, 4.69) is 14.9 Å². The molecule has 1 aromatic carbocycles. The average molecular weight is 230 g/mol. The number of rotatable bonds is 3. The van der Waals surface area contributed by atoms with E-state index in [9.17, 15) is 4.79 Å². The molecule has 1 aromatic rings. The van der Waals surface area contributed by atoms with Gasteiger partial charge in [-0.25, -0.2) is 0 Å². The Hall–Kier alpha value is -1.84. The lowest BCUT2D eigenvalue weighted by Crippen LogP contribution is -2.18. The summed E-state index contributed by atoms with van der Waals surface area (Å²) in [4.78, 5) is 16.1. The van der Waals surface area contributed by atoms with Gasteiger partial charge in [-0.3, -0.25) is 9.69 Å². The molecule has 1 saturated heterocycles. The highest BCUT2D eigenvalue weighted by molar-refractivity contribution is 5.94. The van der Waals surface area contributed by atoms with Crippen molar-refractivity contribution in [3.8, 4) is 0 Å². The topological polar surface area (TPSA) is 69.1 Å². The fourth-order valence-electron chi connectivity index (χ4n) is 2.05. The summed E-state index contributed by atoms with van der Waals surface area (Å²) in [6, 6.07) is 7.25. The lowest BCUT2D eigenvalue weighted by atomic mass is 10.1. The molecule has 1 amide bonds. The van der Waals surface area contributed by atoms with E-state index in [1.165, 1.54) is 18.4 Å². The molecule has 0 unspecified atom stereocenters. The molecule has 1 heterocycles. The van der Waals surface area contributed by atoms with Crippen LogP contribution in [0, 0.1) is 0 Å². The standard InChI is InChI=1S/C12H14N4O/c13-15-14-12(17)11-5-3-10(4-6-11)9-16-7-1-2-8-16/h3-6H,1-2,7-9H2. The molecular weight excluding hydrogens is 216 g/mol. The highest BCUT2D eigenvalue weighted by atomic mass is 16.1. The summed E-state index contributed by atoms with van der Waals surface area (Å²) in [5.41, 5.74) is 9.80. The van der Waals surface area contributed by atoms with Gasteiger partial charge in [0.15, 0.2) is 0 Å². The summed E-state index contributed by atoms with van der Waals surface area (Å²) in [5.74, 6) is -0.528. The third-order valence-electron chi connectivity index (χ3n) is 2.94. The zero-order chi connectivity index (χ0) is 12.1. The minimum atomic E-state index is -0.528. The molecule has 0 spiro atoms. The van der Waals surface area contributed by atoms with Gasteiger partial charge in [0.2, 0.25) is 5.91 Å². The van der Waals surface area contributed by atoms with Crippen molar-refractivity contribution in [3.63, 3.8) is 0 Å². The minimum Gasteiger partial charge on any atom is -0.299 e. The van der Waals surface area contributed by atoms with Crippen LogP contribution < -0.4 is 0 Å². The van der Waals surface area contributed by atoms with Crippen LogP contribution in [0.3, 0.4) is 0 Å². The Labute approximate surface area is 99.7 Å². The summed E-state index contributed by atoms with van der Waals surface area (Å²) in [7, 11) is 0. The first kappa shape index (κ1) is 11.6. The molecule has 1 aliphatic rings. The number of amides is 1. The fourth-order valence-corrected chi connectivity index (χ4v) is 2.05. The van der Waals surface area contributed by atoms with Gasteiger partial charge in [-0.15, -0.1) is 0 Å². The number of hydrogen-bond donors (Lipinski definition) is 0. The number of nitrogens with zero attached hydrogens (tertiary/aromatic N) is 4. The van der Waals surface area contributed by atoms with Gasteiger partial charge >= 0.3 is 0 Å². The lowest BCUT2D eigenvalue weighted by Gasteiger charge is -2.14. The van der Waals surface area contributed by atoms with Crippen LogP contribution in [0.1, 0.15) is 28.8 Å². The molecule has 1 aliphatic heterocycles. The van der Waals surface area contributed by atoms with Crippen LogP contribution in [0.5, 0.6) is 0 Å². The quantitative estimate of drug-likeness (QED) is 0.455.